The van der Waals surface area contributed by atoms with Gasteiger partial charge in [0.15, 0.2) is 0 Å². The lowest BCUT2D eigenvalue weighted by molar-refractivity contribution is 1.15. The molecule has 0 amide bonds. The summed E-state index contributed by atoms with van der Waals surface area (Å²) in [4.78, 5) is 4.15. The van der Waals surface area contributed by atoms with E-state index in [-0.39, 0.29) is 10.9 Å². The summed E-state index contributed by atoms with van der Waals surface area (Å²) in [5, 5.41) is 8.66. The van der Waals surface area contributed by atoms with Crippen molar-refractivity contribution in [2.24, 2.45) is 16.6 Å². The summed E-state index contributed by atoms with van der Waals surface area (Å²) in [6, 6.07) is 7.37. The third-order valence-corrected chi connectivity index (χ3v) is 2.79. The lowest BCUT2D eigenvalue weighted by Gasteiger charge is -2.12. The van der Waals surface area contributed by atoms with Gasteiger partial charge >= 0.3 is 0 Å². The molecular weight excluding hydrogens is 254 g/mol. The topological polar surface area (TPSA) is 62.2 Å². The molecule has 17 heavy (non-hydrogen) atoms. The fourth-order valence-corrected chi connectivity index (χ4v) is 1.75. The maximum Gasteiger partial charge on any atom is 0.0870 e. The van der Waals surface area contributed by atoms with Crippen molar-refractivity contribution in [2.75, 3.05) is 7.05 Å². The van der Waals surface area contributed by atoms with E-state index in [1.807, 2.05) is 12.1 Å². The quantitative estimate of drug-likeness (QED) is 0.636. The fraction of sp³-hybridized carbons (Fsp3) is 0.250. The second kappa shape index (κ2) is 6.47. The van der Waals surface area contributed by atoms with E-state index in [1.54, 1.807) is 25.4 Å². The molecule has 0 spiro atoms. The zero-order chi connectivity index (χ0) is 12.8. The van der Waals surface area contributed by atoms with Gasteiger partial charge in [0.2, 0.25) is 0 Å². The van der Waals surface area contributed by atoms with Crippen LogP contribution < -0.4 is 5.73 Å². The van der Waals surface area contributed by atoms with Crippen molar-refractivity contribution in [1.82, 2.24) is 0 Å². The van der Waals surface area contributed by atoms with Crippen molar-refractivity contribution in [2.45, 2.75) is 6.42 Å². The highest BCUT2D eigenvalue weighted by Crippen LogP contribution is 2.12. The van der Waals surface area contributed by atoms with E-state index < -0.39 is 0 Å². The summed E-state index contributed by atoms with van der Waals surface area (Å²) in [6.45, 7) is 0. The van der Waals surface area contributed by atoms with E-state index in [0.29, 0.717) is 17.2 Å². The Balaban J connectivity index is 2.76. The van der Waals surface area contributed by atoms with E-state index in [0.717, 1.165) is 5.56 Å². The second-order valence-electron chi connectivity index (χ2n) is 3.62. The Bertz CT molecular complexity index is 440. The number of benzene rings is 1. The molecule has 3 N–H and O–H groups in total. The highest BCUT2D eigenvalue weighted by atomic mass is 35.5. The minimum atomic E-state index is -0.370. The van der Waals surface area contributed by atoms with Crippen LogP contribution in [0.15, 0.2) is 29.3 Å². The zero-order valence-corrected chi connectivity index (χ0v) is 11.1. The van der Waals surface area contributed by atoms with Crippen LogP contribution in [-0.2, 0) is 6.42 Å². The molecule has 1 atom stereocenters. The Hall–Kier alpha value is -1.26. The molecule has 0 aromatic heterocycles. The van der Waals surface area contributed by atoms with Crippen LogP contribution in [0.3, 0.4) is 0 Å². The van der Waals surface area contributed by atoms with Gasteiger partial charge in [-0.1, -0.05) is 36.0 Å². The third kappa shape index (κ3) is 4.24. The van der Waals surface area contributed by atoms with Gasteiger partial charge in [-0.05, 0) is 17.7 Å². The average Bonchev–Trinajstić information content (AvgIpc) is 2.28. The molecule has 0 radical (unpaired) electrons. The van der Waals surface area contributed by atoms with Crippen molar-refractivity contribution in [3.8, 4) is 0 Å². The normalized spacial score (nSPS) is 12.6. The monoisotopic (exact) mass is 267 g/mol. The first kappa shape index (κ1) is 13.8. The van der Waals surface area contributed by atoms with Crippen LogP contribution in [0.1, 0.15) is 5.56 Å². The van der Waals surface area contributed by atoms with Crippen LogP contribution in [-0.4, -0.2) is 24.0 Å². The first-order chi connectivity index (χ1) is 8.04. The molecule has 0 aliphatic carbocycles. The predicted octanol–water partition coefficient (Wildman–Crippen LogP) is 2.51. The van der Waals surface area contributed by atoms with E-state index >= 15 is 0 Å². The number of rotatable bonds is 5. The summed E-state index contributed by atoms with van der Waals surface area (Å²) >= 11 is 10.7. The van der Waals surface area contributed by atoms with Crippen molar-refractivity contribution in [1.29, 1.82) is 5.41 Å². The zero-order valence-electron chi connectivity index (χ0n) is 9.48. The number of nitrogens with two attached hydrogens (primary N) is 1. The van der Waals surface area contributed by atoms with E-state index in [9.17, 15) is 0 Å². The number of halogens is 1. The fourth-order valence-electron chi connectivity index (χ4n) is 1.42. The van der Waals surface area contributed by atoms with Crippen molar-refractivity contribution in [3.63, 3.8) is 0 Å². The Morgan fingerprint density at radius 2 is 2.12 bits per heavy atom. The molecule has 0 aliphatic heterocycles. The minimum Gasteiger partial charge on any atom is -0.392 e. The van der Waals surface area contributed by atoms with Crippen LogP contribution in [0.4, 0.5) is 0 Å². The summed E-state index contributed by atoms with van der Waals surface area (Å²) in [5.41, 5.74) is 7.02. The van der Waals surface area contributed by atoms with Gasteiger partial charge in [-0.15, -0.1) is 0 Å². The SMILES string of the molecule is CN=CC(C(=N)Cc1ccc(Cl)cc1)C(N)=S. The Morgan fingerprint density at radius 3 is 2.59 bits per heavy atom. The van der Waals surface area contributed by atoms with Crippen LogP contribution in [0, 0.1) is 11.3 Å². The first-order valence-corrected chi connectivity index (χ1v) is 5.86. The van der Waals surface area contributed by atoms with Gasteiger partial charge in [0, 0.05) is 30.4 Å². The molecule has 0 heterocycles. The average molecular weight is 268 g/mol. The van der Waals surface area contributed by atoms with Crippen LogP contribution in [0.25, 0.3) is 0 Å². The summed E-state index contributed by atoms with van der Waals surface area (Å²) in [5.74, 6) is -0.370. The molecule has 1 unspecified atom stereocenters. The highest BCUT2D eigenvalue weighted by molar-refractivity contribution is 7.80. The van der Waals surface area contributed by atoms with E-state index in [1.165, 1.54) is 0 Å². The Labute approximate surface area is 111 Å². The molecule has 5 heteroatoms. The maximum atomic E-state index is 7.98. The van der Waals surface area contributed by atoms with Gasteiger partial charge in [0.05, 0.1) is 10.9 Å². The van der Waals surface area contributed by atoms with Gasteiger partial charge in [0.1, 0.15) is 0 Å². The molecule has 0 fully saturated rings. The molecule has 0 aliphatic rings. The van der Waals surface area contributed by atoms with Crippen LogP contribution in [0.2, 0.25) is 5.02 Å². The van der Waals surface area contributed by atoms with Gasteiger partial charge in [-0.3, -0.25) is 4.99 Å². The smallest absolute Gasteiger partial charge is 0.0870 e. The second-order valence-corrected chi connectivity index (χ2v) is 4.52. The largest absolute Gasteiger partial charge is 0.392 e. The Morgan fingerprint density at radius 1 is 1.53 bits per heavy atom. The minimum absolute atomic E-state index is 0.273. The van der Waals surface area contributed by atoms with Crippen molar-refractivity contribution >= 4 is 40.7 Å². The van der Waals surface area contributed by atoms with Gasteiger partial charge in [-0.2, -0.15) is 0 Å². The number of nitrogens with zero attached hydrogens (tertiary/aromatic N) is 1. The summed E-state index contributed by atoms with van der Waals surface area (Å²) in [7, 11) is 1.64. The predicted molar refractivity (Wildman–Crippen MR) is 77.6 cm³/mol. The highest BCUT2D eigenvalue weighted by Gasteiger charge is 2.15. The molecule has 0 saturated heterocycles. The molecule has 3 nitrogen and oxygen atoms in total. The molecule has 90 valence electrons. The van der Waals surface area contributed by atoms with Crippen molar-refractivity contribution in [3.05, 3.63) is 34.9 Å². The standard InChI is InChI=1S/C12H14ClN3S/c1-16-7-10(12(15)17)11(14)6-8-2-4-9(13)5-3-8/h2-5,7,10,14H,6H2,1H3,(H2,15,17). The molecule has 0 bridgehead atoms. The number of hydrogen-bond donors (Lipinski definition) is 2. The van der Waals surface area contributed by atoms with Crippen LogP contribution in [0.5, 0.6) is 0 Å². The number of aliphatic imine (C=N–C) groups is 1. The molecule has 1 rings (SSSR count). The van der Waals surface area contributed by atoms with Gasteiger partial charge in [0.25, 0.3) is 0 Å². The number of nitrogens with one attached hydrogen (secondary N) is 1. The molecular formula is C12H14ClN3S. The summed E-state index contributed by atoms with van der Waals surface area (Å²) in [6.07, 6.45) is 2.09. The molecule has 0 saturated carbocycles. The maximum absolute atomic E-state index is 7.98. The number of hydrogen-bond acceptors (Lipinski definition) is 3. The number of thiocarbonyl (C=S) groups is 1. The Kier molecular flexibility index (Phi) is 5.25. The first-order valence-electron chi connectivity index (χ1n) is 5.08. The third-order valence-electron chi connectivity index (χ3n) is 2.29. The van der Waals surface area contributed by atoms with Crippen LogP contribution >= 0.6 is 23.8 Å². The van der Waals surface area contributed by atoms with E-state index in [4.69, 9.17) is 35.0 Å². The van der Waals surface area contributed by atoms with Gasteiger partial charge < -0.3 is 11.1 Å². The van der Waals surface area contributed by atoms with E-state index in [2.05, 4.69) is 4.99 Å². The molecule has 1 aromatic rings. The van der Waals surface area contributed by atoms with Crippen molar-refractivity contribution < 1.29 is 0 Å². The lowest BCUT2D eigenvalue weighted by Crippen LogP contribution is -2.30. The van der Waals surface area contributed by atoms with Gasteiger partial charge in [-0.25, -0.2) is 0 Å². The summed E-state index contributed by atoms with van der Waals surface area (Å²) < 4.78 is 0. The molecule has 1 aromatic carbocycles. The lowest BCUT2D eigenvalue weighted by atomic mass is 9.98.